The Morgan fingerprint density at radius 3 is 2.56 bits per heavy atom. The van der Waals surface area contributed by atoms with Crippen LogP contribution in [0.2, 0.25) is 0 Å². The molecule has 0 unspecified atom stereocenters. The highest BCUT2D eigenvalue weighted by molar-refractivity contribution is 5.96. The Hall–Kier alpha value is -1.63. The minimum atomic E-state index is -0.0798. The molecule has 0 spiro atoms. The molecule has 1 aromatic rings. The summed E-state index contributed by atoms with van der Waals surface area (Å²) in [4.78, 5) is 17.3. The molecule has 1 amide bonds. The third-order valence-corrected chi connectivity index (χ3v) is 4.53. The normalized spacial score (nSPS) is 15.9. The van der Waals surface area contributed by atoms with Gasteiger partial charge in [-0.15, -0.1) is 0 Å². The largest absolute Gasteiger partial charge is 0.490 e. The fourth-order valence-electron chi connectivity index (χ4n) is 2.94. The average Bonchev–Trinajstić information content (AvgIpc) is 2.66. The van der Waals surface area contributed by atoms with Gasteiger partial charge in [0.15, 0.2) is 0 Å². The molecular weight excluding hydrogens is 318 g/mol. The summed E-state index contributed by atoms with van der Waals surface area (Å²) in [5.41, 5.74) is 0.579. The molecule has 2 rings (SSSR count). The van der Waals surface area contributed by atoms with Crippen molar-refractivity contribution in [3.63, 3.8) is 0 Å². The van der Waals surface area contributed by atoms with E-state index >= 15 is 0 Å². The molecule has 1 aliphatic rings. The van der Waals surface area contributed by atoms with E-state index in [1.54, 1.807) is 13.2 Å². The number of benzene rings is 1. The van der Waals surface area contributed by atoms with Crippen LogP contribution in [0.15, 0.2) is 24.3 Å². The average molecular weight is 349 g/mol. The number of piperazine rings is 1. The van der Waals surface area contributed by atoms with Crippen molar-refractivity contribution in [2.24, 2.45) is 0 Å². The van der Waals surface area contributed by atoms with Crippen molar-refractivity contribution in [2.75, 3.05) is 66.1 Å². The Bertz CT molecular complexity index is 516. The molecule has 1 heterocycles. The zero-order valence-corrected chi connectivity index (χ0v) is 15.5. The molecule has 6 heteroatoms. The first-order valence-corrected chi connectivity index (χ1v) is 9.18. The van der Waals surface area contributed by atoms with Crippen LogP contribution < -0.4 is 10.1 Å². The van der Waals surface area contributed by atoms with Gasteiger partial charge in [-0.3, -0.25) is 4.79 Å². The van der Waals surface area contributed by atoms with Crippen molar-refractivity contribution < 1.29 is 14.3 Å². The van der Waals surface area contributed by atoms with Crippen LogP contribution in [0.1, 0.15) is 23.7 Å². The fourth-order valence-corrected chi connectivity index (χ4v) is 2.94. The molecule has 6 nitrogen and oxygen atoms in total. The van der Waals surface area contributed by atoms with Crippen LogP contribution in [0, 0.1) is 0 Å². The first-order valence-electron chi connectivity index (χ1n) is 9.18. The smallest absolute Gasteiger partial charge is 0.255 e. The van der Waals surface area contributed by atoms with Crippen molar-refractivity contribution in [3.8, 4) is 5.75 Å². The van der Waals surface area contributed by atoms with Gasteiger partial charge in [0.2, 0.25) is 0 Å². The summed E-state index contributed by atoms with van der Waals surface area (Å²) < 4.78 is 10.6. The van der Waals surface area contributed by atoms with E-state index in [4.69, 9.17) is 9.47 Å². The van der Waals surface area contributed by atoms with E-state index in [-0.39, 0.29) is 5.91 Å². The van der Waals surface area contributed by atoms with Crippen LogP contribution in [-0.4, -0.2) is 81.8 Å². The molecule has 0 aliphatic carbocycles. The third kappa shape index (κ3) is 6.65. The topological polar surface area (TPSA) is 54.0 Å². The van der Waals surface area contributed by atoms with Crippen molar-refractivity contribution in [2.45, 2.75) is 13.3 Å². The van der Waals surface area contributed by atoms with E-state index in [1.807, 2.05) is 18.2 Å². The first kappa shape index (κ1) is 19.7. The van der Waals surface area contributed by atoms with Gasteiger partial charge in [0.05, 0.1) is 12.2 Å². The number of carbonyl (C=O) groups is 1. The van der Waals surface area contributed by atoms with Crippen molar-refractivity contribution in [1.29, 1.82) is 0 Å². The maximum absolute atomic E-state index is 12.4. The zero-order chi connectivity index (χ0) is 17.9. The third-order valence-electron chi connectivity index (χ3n) is 4.53. The van der Waals surface area contributed by atoms with E-state index in [1.165, 1.54) is 0 Å². The molecular formula is C19H31N3O3. The van der Waals surface area contributed by atoms with Gasteiger partial charge < -0.3 is 24.6 Å². The Morgan fingerprint density at radius 1 is 1.12 bits per heavy atom. The molecule has 1 N–H and O–H groups in total. The lowest BCUT2D eigenvalue weighted by atomic mass is 10.2. The number of rotatable bonds is 10. The number of likely N-dealkylation sites (N-methyl/N-ethyl adjacent to an activating group) is 1. The van der Waals surface area contributed by atoms with Gasteiger partial charge in [-0.1, -0.05) is 19.1 Å². The molecule has 0 bridgehead atoms. The van der Waals surface area contributed by atoms with Gasteiger partial charge in [-0.2, -0.15) is 0 Å². The van der Waals surface area contributed by atoms with Crippen molar-refractivity contribution in [1.82, 2.24) is 15.1 Å². The van der Waals surface area contributed by atoms with Crippen molar-refractivity contribution in [3.05, 3.63) is 29.8 Å². The standard InChI is InChI=1S/C19H31N3O3/c1-3-21-11-13-22(14-12-21)10-6-9-20-19(23)17-7-4-5-8-18(17)25-16-15-24-2/h4-5,7-8H,3,6,9-16H2,1-2H3,(H,20,23). The number of para-hydroxylation sites is 1. The number of methoxy groups -OCH3 is 1. The number of nitrogens with zero attached hydrogens (tertiary/aromatic N) is 2. The summed E-state index contributed by atoms with van der Waals surface area (Å²) in [5, 5.41) is 3.00. The van der Waals surface area contributed by atoms with E-state index in [9.17, 15) is 4.79 Å². The Balaban J connectivity index is 1.70. The number of amides is 1. The Kier molecular flexibility index (Phi) is 8.72. The van der Waals surface area contributed by atoms with Crippen LogP contribution in [0.5, 0.6) is 5.75 Å². The summed E-state index contributed by atoms with van der Waals surface area (Å²) in [7, 11) is 1.63. The second-order valence-corrected chi connectivity index (χ2v) is 6.22. The quantitative estimate of drug-likeness (QED) is 0.648. The molecule has 1 saturated heterocycles. The molecule has 0 atom stereocenters. The molecule has 1 fully saturated rings. The minimum absolute atomic E-state index is 0.0798. The van der Waals surface area contributed by atoms with E-state index in [0.29, 0.717) is 31.1 Å². The lowest BCUT2D eigenvalue weighted by Gasteiger charge is -2.33. The van der Waals surface area contributed by atoms with Crippen LogP contribution in [0.4, 0.5) is 0 Å². The summed E-state index contributed by atoms with van der Waals surface area (Å²) in [6.45, 7) is 10.5. The monoisotopic (exact) mass is 349 g/mol. The lowest BCUT2D eigenvalue weighted by Crippen LogP contribution is -2.46. The molecule has 0 saturated carbocycles. The molecule has 25 heavy (non-hydrogen) atoms. The molecule has 140 valence electrons. The highest BCUT2D eigenvalue weighted by atomic mass is 16.5. The second kappa shape index (κ2) is 11.1. The van der Waals surface area contributed by atoms with Gasteiger partial charge in [0.1, 0.15) is 12.4 Å². The lowest BCUT2D eigenvalue weighted by molar-refractivity contribution is 0.0940. The van der Waals surface area contributed by atoms with Gasteiger partial charge in [-0.05, 0) is 31.6 Å². The van der Waals surface area contributed by atoms with Crippen LogP contribution in [0.3, 0.4) is 0 Å². The SMILES string of the molecule is CCN1CCN(CCCNC(=O)c2ccccc2OCCOC)CC1. The summed E-state index contributed by atoms with van der Waals surface area (Å²) >= 11 is 0. The number of carbonyl (C=O) groups excluding carboxylic acids is 1. The number of hydrogen-bond donors (Lipinski definition) is 1. The first-order chi connectivity index (χ1) is 12.2. The minimum Gasteiger partial charge on any atom is -0.490 e. The molecule has 0 aromatic heterocycles. The maximum atomic E-state index is 12.4. The van der Waals surface area contributed by atoms with Gasteiger partial charge in [0.25, 0.3) is 5.91 Å². The Labute approximate surface area is 151 Å². The Morgan fingerprint density at radius 2 is 1.84 bits per heavy atom. The van der Waals surface area contributed by atoms with Crippen LogP contribution in [-0.2, 0) is 4.74 Å². The number of ether oxygens (including phenoxy) is 2. The summed E-state index contributed by atoms with van der Waals surface area (Å²) in [6, 6.07) is 7.33. The van der Waals surface area contributed by atoms with Crippen molar-refractivity contribution >= 4 is 5.91 Å². The van der Waals surface area contributed by atoms with Crippen LogP contribution >= 0.6 is 0 Å². The van der Waals surface area contributed by atoms with E-state index < -0.39 is 0 Å². The van der Waals surface area contributed by atoms with Gasteiger partial charge in [-0.25, -0.2) is 0 Å². The number of hydrogen-bond acceptors (Lipinski definition) is 5. The summed E-state index contributed by atoms with van der Waals surface area (Å²) in [5.74, 6) is 0.525. The van der Waals surface area contributed by atoms with Gasteiger partial charge in [0, 0.05) is 39.8 Å². The predicted octanol–water partition coefficient (Wildman–Crippen LogP) is 1.47. The van der Waals surface area contributed by atoms with E-state index in [0.717, 1.165) is 45.7 Å². The number of nitrogens with one attached hydrogen (secondary N) is 1. The molecule has 0 radical (unpaired) electrons. The van der Waals surface area contributed by atoms with Crippen LogP contribution in [0.25, 0.3) is 0 Å². The highest BCUT2D eigenvalue weighted by Gasteiger charge is 2.15. The fraction of sp³-hybridized carbons (Fsp3) is 0.632. The van der Waals surface area contributed by atoms with E-state index in [2.05, 4.69) is 22.0 Å². The maximum Gasteiger partial charge on any atom is 0.255 e. The predicted molar refractivity (Wildman–Crippen MR) is 99.3 cm³/mol. The second-order valence-electron chi connectivity index (χ2n) is 6.22. The molecule has 1 aliphatic heterocycles. The zero-order valence-electron chi connectivity index (χ0n) is 15.5. The summed E-state index contributed by atoms with van der Waals surface area (Å²) in [6.07, 6.45) is 0.963. The van der Waals surface area contributed by atoms with Gasteiger partial charge >= 0.3 is 0 Å². The highest BCUT2D eigenvalue weighted by Crippen LogP contribution is 2.17. The molecule has 1 aromatic carbocycles.